The third-order valence-corrected chi connectivity index (χ3v) is 3.55. The summed E-state index contributed by atoms with van der Waals surface area (Å²) < 4.78 is 14.6. The minimum atomic E-state index is -0.464. The van der Waals surface area contributed by atoms with Crippen LogP contribution in [0.2, 0.25) is 0 Å². The van der Waals surface area contributed by atoms with Crippen LogP contribution in [0.3, 0.4) is 0 Å². The molecule has 1 unspecified atom stereocenters. The molecule has 2 N–H and O–H groups in total. The van der Waals surface area contributed by atoms with Crippen LogP contribution in [-0.4, -0.2) is 14.1 Å². The highest BCUT2D eigenvalue weighted by Gasteiger charge is 2.14. The summed E-state index contributed by atoms with van der Waals surface area (Å²) in [4.78, 5) is 2.01. The van der Waals surface area contributed by atoms with Gasteiger partial charge < -0.3 is 10.6 Å². The van der Waals surface area contributed by atoms with Gasteiger partial charge in [0.05, 0.1) is 6.04 Å². The van der Waals surface area contributed by atoms with Crippen LogP contribution in [-0.2, 0) is 0 Å². The van der Waals surface area contributed by atoms with Crippen LogP contribution in [0.4, 0.5) is 10.1 Å². The predicted molar refractivity (Wildman–Crippen MR) is 80.9 cm³/mol. The summed E-state index contributed by atoms with van der Waals surface area (Å²) in [6.07, 6.45) is 0. The normalized spacial score (nSPS) is 12.3. The van der Waals surface area contributed by atoms with E-state index in [4.69, 9.17) is 5.73 Å². The third kappa shape index (κ3) is 3.14. The summed E-state index contributed by atoms with van der Waals surface area (Å²) in [5, 5.41) is 0. The first kappa shape index (κ1) is 14.0. The van der Waals surface area contributed by atoms with Crippen molar-refractivity contribution in [3.63, 3.8) is 0 Å². The molecule has 0 aliphatic rings. The number of hydrogen-bond acceptors (Lipinski definition) is 2. The molecule has 19 heavy (non-hydrogen) atoms. The van der Waals surface area contributed by atoms with Crippen LogP contribution < -0.4 is 10.6 Å². The van der Waals surface area contributed by atoms with Crippen molar-refractivity contribution >= 4 is 21.6 Å². The van der Waals surface area contributed by atoms with E-state index in [2.05, 4.69) is 15.9 Å². The molecule has 0 aromatic heterocycles. The van der Waals surface area contributed by atoms with Gasteiger partial charge in [-0.2, -0.15) is 0 Å². The lowest BCUT2D eigenvalue weighted by Gasteiger charge is -2.17. The van der Waals surface area contributed by atoms with Crippen molar-refractivity contribution in [3.05, 3.63) is 63.9 Å². The van der Waals surface area contributed by atoms with Gasteiger partial charge in [0.2, 0.25) is 0 Å². The summed E-state index contributed by atoms with van der Waals surface area (Å²) >= 11 is 3.34. The van der Waals surface area contributed by atoms with E-state index < -0.39 is 6.04 Å². The number of nitrogens with two attached hydrogens (primary N) is 1. The Hall–Kier alpha value is -1.39. The van der Waals surface area contributed by atoms with Crippen LogP contribution in [0.15, 0.2) is 46.9 Å². The lowest BCUT2D eigenvalue weighted by atomic mass is 9.99. The summed E-state index contributed by atoms with van der Waals surface area (Å²) in [5.74, 6) is -0.285. The molecule has 0 amide bonds. The van der Waals surface area contributed by atoms with E-state index in [1.165, 1.54) is 6.07 Å². The highest BCUT2D eigenvalue weighted by atomic mass is 79.9. The van der Waals surface area contributed by atoms with Gasteiger partial charge in [-0.3, -0.25) is 0 Å². The SMILES string of the molecule is CN(C)c1ccc(C(N)c2cc(Br)ccc2F)cc1. The third-order valence-electron chi connectivity index (χ3n) is 3.06. The molecule has 0 fully saturated rings. The van der Waals surface area contributed by atoms with E-state index in [0.717, 1.165) is 15.7 Å². The molecule has 2 aromatic carbocycles. The molecule has 1 atom stereocenters. The molecule has 2 nitrogen and oxygen atoms in total. The van der Waals surface area contributed by atoms with Gasteiger partial charge in [-0.1, -0.05) is 28.1 Å². The quantitative estimate of drug-likeness (QED) is 0.933. The molecule has 2 rings (SSSR count). The first-order valence-electron chi connectivity index (χ1n) is 5.97. The fourth-order valence-corrected chi connectivity index (χ4v) is 2.29. The van der Waals surface area contributed by atoms with Gasteiger partial charge in [0.15, 0.2) is 0 Å². The number of benzene rings is 2. The van der Waals surface area contributed by atoms with Crippen LogP contribution in [0.1, 0.15) is 17.2 Å². The lowest BCUT2D eigenvalue weighted by molar-refractivity contribution is 0.599. The zero-order chi connectivity index (χ0) is 14.0. The average Bonchev–Trinajstić information content (AvgIpc) is 2.41. The lowest BCUT2D eigenvalue weighted by Crippen LogP contribution is -2.14. The number of halogens is 2. The molecule has 0 bridgehead atoms. The van der Waals surface area contributed by atoms with Gasteiger partial charge in [-0.25, -0.2) is 4.39 Å². The first-order valence-corrected chi connectivity index (χ1v) is 6.76. The molecule has 0 aliphatic heterocycles. The van der Waals surface area contributed by atoms with Crippen LogP contribution in [0.5, 0.6) is 0 Å². The van der Waals surface area contributed by atoms with Gasteiger partial charge in [-0.15, -0.1) is 0 Å². The zero-order valence-electron chi connectivity index (χ0n) is 10.9. The van der Waals surface area contributed by atoms with Crippen molar-refractivity contribution in [2.45, 2.75) is 6.04 Å². The topological polar surface area (TPSA) is 29.3 Å². The van der Waals surface area contributed by atoms with Crippen LogP contribution >= 0.6 is 15.9 Å². The Kier molecular flexibility index (Phi) is 4.22. The Morgan fingerprint density at radius 2 is 1.74 bits per heavy atom. The van der Waals surface area contributed by atoms with Crippen molar-refractivity contribution in [1.82, 2.24) is 0 Å². The molecule has 0 spiro atoms. The second kappa shape index (κ2) is 5.72. The number of rotatable bonds is 3. The fourth-order valence-electron chi connectivity index (χ4n) is 1.91. The van der Waals surface area contributed by atoms with Gasteiger partial charge >= 0.3 is 0 Å². The smallest absolute Gasteiger partial charge is 0.128 e. The Labute approximate surface area is 121 Å². The zero-order valence-corrected chi connectivity index (χ0v) is 12.5. The molecule has 0 saturated heterocycles. The van der Waals surface area contributed by atoms with Gasteiger partial charge in [0.25, 0.3) is 0 Å². The summed E-state index contributed by atoms with van der Waals surface area (Å²) in [7, 11) is 3.95. The Bertz CT molecular complexity index is 567. The van der Waals surface area contributed by atoms with E-state index in [9.17, 15) is 4.39 Å². The maximum atomic E-state index is 13.8. The van der Waals surface area contributed by atoms with Gasteiger partial charge in [0.1, 0.15) is 5.82 Å². The summed E-state index contributed by atoms with van der Waals surface area (Å²) in [5.41, 5.74) is 8.61. The molecular weight excluding hydrogens is 307 g/mol. The Morgan fingerprint density at radius 3 is 2.32 bits per heavy atom. The van der Waals surface area contributed by atoms with Gasteiger partial charge in [-0.05, 0) is 35.9 Å². The monoisotopic (exact) mass is 322 g/mol. The van der Waals surface area contributed by atoms with E-state index in [0.29, 0.717) is 5.56 Å². The number of anilines is 1. The van der Waals surface area contributed by atoms with Crippen molar-refractivity contribution in [2.24, 2.45) is 5.73 Å². The largest absolute Gasteiger partial charge is 0.378 e. The Balaban J connectivity index is 2.33. The van der Waals surface area contributed by atoms with Crippen molar-refractivity contribution in [3.8, 4) is 0 Å². The molecule has 0 saturated carbocycles. The highest BCUT2D eigenvalue weighted by molar-refractivity contribution is 9.10. The molecule has 0 aliphatic carbocycles. The van der Waals surface area contributed by atoms with Crippen LogP contribution in [0, 0.1) is 5.82 Å². The van der Waals surface area contributed by atoms with Gasteiger partial charge in [0, 0.05) is 29.8 Å². The molecule has 2 aromatic rings. The maximum absolute atomic E-state index is 13.8. The van der Waals surface area contributed by atoms with E-state index in [1.54, 1.807) is 12.1 Å². The molecule has 100 valence electrons. The van der Waals surface area contributed by atoms with E-state index in [-0.39, 0.29) is 5.82 Å². The molecule has 0 heterocycles. The summed E-state index contributed by atoms with van der Waals surface area (Å²) in [6, 6.07) is 12.2. The predicted octanol–water partition coefficient (Wildman–Crippen LogP) is 3.70. The molecule has 4 heteroatoms. The molecule has 0 radical (unpaired) electrons. The Morgan fingerprint density at radius 1 is 1.11 bits per heavy atom. The second-order valence-electron chi connectivity index (χ2n) is 4.63. The number of nitrogens with zero attached hydrogens (tertiary/aromatic N) is 1. The highest BCUT2D eigenvalue weighted by Crippen LogP contribution is 2.26. The first-order chi connectivity index (χ1) is 8.99. The van der Waals surface area contributed by atoms with Crippen molar-refractivity contribution in [1.29, 1.82) is 0 Å². The van der Waals surface area contributed by atoms with E-state index >= 15 is 0 Å². The molecular formula is C15H16BrFN2. The fraction of sp³-hybridized carbons (Fsp3) is 0.200. The van der Waals surface area contributed by atoms with Crippen LogP contribution in [0.25, 0.3) is 0 Å². The summed E-state index contributed by atoms with van der Waals surface area (Å²) in [6.45, 7) is 0. The van der Waals surface area contributed by atoms with Crippen molar-refractivity contribution < 1.29 is 4.39 Å². The average molecular weight is 323 g/mol. The minimum Gasteiger partial charge on any atom is -0.378 e. The number of hydrogen-bond donors (Lipinski definition) is 1. The minimum absolute atomic E-state index is 0.285. The standard InChI is InChI=1S/C15H16BrFN2/c1-19(2)12-6-3-10(4-7-12)15(18)13-9-11(16)5-8-14(13)17/h3-9,15H,18H2,1-2H3. The second-order valence-corrected chi connectivity index (χ2v) is 5.55. The van der Waals surface area contributed by atoms with E-state index in [1.807, 2.05) is 43.3 Å². The maximum Gasteiger partial charge on any atom is 0.128 e. The van der Waals surface area contributed by atoms with Crippen molar-refractivity contribution in [2.75, 3.05) is 19.0 Å².